The Bertz CT molecular complexity index is 506. The van der Waals surface area contributed by atoms with E-state index in [1.54, 1.807) is 0 Å². The molecule has 0 N–H and O–H groups in total. The lowest BCUT2D eigenvalue weighted by molar-refractivity contribution is -0.187. The number of likely N-dealkylation sites (tertiary alicyclic amines) is 1. The van der Waals surface area contributed by atoms with Crippen molar-refractivity contribution in [2.24, 2.45) is 29.6 Å². The Morgan fingerprint density at radius 3 is 2.48 bits per heavy atom. The second-order valence-corrected chi connectivity index (χ2v) is 9.10. The molecule has 6 atom stereocenters. The third-order valence-corrected chi connectivity index (χ3v) is 7.61. The monoisotopic (exact) mass is 357 g/mol. The molecular formula is C20H30F3NO. The molecule has 4 fully saturated rings. The molecule has 2 bridgehead atoms. The Morgan fingerprint density at radius 2 is 1.80 bits per heavy atom. The van der Waals surface area contributed by atoms with Crippen molar-refractivity contribution in [1.82, 2.24) is 4.90 Å². The predicted molar refractivity (Wildman–Crippen MR) is 89.8 cm³/mol. The Morgan fingerprint density at radius 1 is 0.960 bits per heavy atom. The third-order valence-electron chi connectivity index (χ3n) is 7.61. The van der Waals surface area contributed by atoms with Crippen LogP contribution in [0.3, 0.4) is 0 Å². The fourth-order valence-corrected chi connectivity index (χ4v) is 6.33. The summed E-state index contributed by atoms with van der Waals surface area (Å²) in [6, 6.07) is 0.295. The zero-order chi connectivity index (χ0) is 17.6. The summed E-state index contributed by atoms with van der Waals surface area (Å²) in [5.41, 5.74) is 0. The molecule has 4 rings (SSSR count). The van der Waals surface area contributed by atoms with Gasteiger partial charge in [0.2, 0.25) is 5.91 Å². The number of fused-ring (bicyclic) bond motifs is 2. The second-order valence-electron chi connectivity index (χ2n) is 9.10. The minimum Gasteiger partial charge on any atom is -0.339 e. The summed E-state index contributed by atoms with van der Waals surface area (Å²) in [6.07, 6.45) is 5.84. The van der Waals surface area contributed by atoms with E-state index >= 15 is 0 Å². The minimum absolute atomic E-state index is 0.0136. The highest BCUT2D eigenvalue weighted by Crippen LogP contribution is 2.51. The number of halogens is 3. The van der Waals surface area contributed by atoms with E-state index in [2.05, 4.69) is 0 Å². The van der Waals surface area contributed by atoms with E-state index in [4.69, 9.17) is 0 Å². The zero-order valence-corrected chi connectivity index (χ0v) is 14.9. The molecule has 0 aromatic rings. The van der Waals surface area contributed by atoms with Crippen LogP contribution in [-0.4, -0.2) is 29.6 Å². The van der Waals surface area contributed by atoms with E-state index in [1.165, 1.54) is 25.7 Å². The molecule has 0 radical (unpaired) electrons. The number of carbonyl (C=O) groups is 1. The maximum absolute atomic E-state index is 13.1. The number of hydrogen-bond acceptors (Lipinski definition) is 1. The Balaban J connectivity index is 1.37. The van der Waals surface area contributed by atoms with Gasteiger partial charge in [-0.2, -0.15) is 13.2 Å². The van der Waals surface area contributed by atoms with Gasteiger partial charge in [0.15, 0.2) is 0 Å². The Kier molecular flexibility index (Phi) is 4.78. The molecular weight excluding hydrogens is 327 g/mol. The summed E-state index contributed by atoms with van der Waals surface area (Å²) in [7, 11) is 0. The molecule has 1 amide bonds. The van der Waals surface area contributed by atoms with Crippen LogP contribution in [-0.2, 0) is 4.79 Å². The average molecular weight is 357 g/mol. The third kappa shape index (κ3) is 3.57. The number of rotatable bonds is 3. The smallest absolute Gasteiger partial charge is 0.339 e. The lowest BCUT2D eigenvalue weighted by atomic mass is 9.80. The standard InChI is InChI=1S/C20H30F3NO/c21-20(22,23)17-4-1-3-15(11-17)19(25)24-8-2-5-18(24)12-16-10-13-6-7-14(16)9-13/h13-18H,1-12H2/t13-,14-,15+,16+,17-,18+/m0/s1. The van der Waals surface area contributed by atoms with Crippen LogP contribution < -0.4 is 0 Å². The van der Waals surface area contributed by atoms with E-state index in [1.807, 2.05) is 4.90 Å². The summed E-state index contributed by atoms with van der Waals surface area (Å²) in [4.78, 5) is 15.0. The molecule has 0 spiro atoms. The summed E-state index contributed by atoms with van der Waals surface area (Å²) in [5, 5.41) is 0. The first-order valence-corrected chi connectivity index (χ1v) is 10.3. The first kappa shape index (κ1) is 17.7. The second kappa shape index (κ2) is 6.77. The van der Waals surface area contributed by atoms with E-state index in [-0.39, 0.29) is 18.7 Å². The highest BCUT2D eigenvalue weighted by molar-refractivity contribution is 5.79. The highest BCUT2D eigenvalue weighted by atomic mass is 19.4. The molecule has 25 heavy (non-hydrogen) atoms. The van der Waals surface area contributed by atoms with Crippen molar-refractivity contribution in [2.75, 3.05) is 6.54 Å². The van der Waals surface area contributed by atoms with E-state index < -0.39 is 18.0 Å². The fraction of sp³-hybridized carbons (Fsp3) is 0.950. The molecule has 142 valence electrons. The maximum atomic E-state index is 13.1. The van der Waals surface area contributed by atoms with Gasteiger partial charge in [-0.1, -0.05) is 12.8 Å². The molecule has 0 unspecified atom stereocenters. The molecule has 1 aliphatic heterocycles. The van der Waals surface area contributed by atoms with E-state index in [9.17, 15) is 18.0 Å². The Labute approximate surface area is 148 Å². The van der Waals surface area contributed by atoms with Gasteiger partial charge in [-0.15, -0.1) is 0 Å². The van der Waals surface area contributed by atoms with Crippen molar-refractivity contribution in [2.45, 2.75) is 82.8 Å². The molecule has 0 aromatic carbocycles. The van der Waals surface area contributed by atoms with Crippen molar-refractivity contribution in [3.8, 4) is 0 Å². The molecule has 1 heterocycles. The van der Waals surface area contributed by atoms with Crippen LogP contribution in [0.5, 0.6) is 0 Å². The van der Waals surface area contributed by atoms with Crippen LogP contribution in [0.25, 0.3) is 0 Å². The van der Waals surface area contributed by atoms with Gasteiger partial charge in [-0.3, -0.25) is 4.79 Å². The fourth-order valence-electron chi connectivity index (χ4n) is 6.33. The molecule has 3 aliphatic carbocycles. The summed E-state index contributed by atoms with van der Waals surface area (Å²) in [5.74, 6) is 0.868. The quantitative estimate of drug-likeness (QED) is 0.682. The number of carbonyl (C=O) groups excluding carboxylic acids is 1. The zero-order valence-electron chi connectivity index (χ0n) is 14.9. The molecule has 0 aromatic heterocycles. The van der Waals surface area contributed by atoms with Gasteiger partial charge in [-0.25, -0.2) is 0 Å². The van der Waals surface area contributed by atoms with Crippen LogP contribution in [0.2, 0.25) is 0 Å². The molecule has 5 heteroatoms. The van der Waals surface area contributed by atoms with E-state index in [0.29, 0.717) is 18.9 Å². The van der Waals surface area contributed by atoms with Gasteiger partial charge in [0.05, 0.1) is 5.92 Å². The molecule has 4 aliphatic rings. The van der Waals surface area contributed by atoms with Crippen LogP contribution in [0, 0.1) is 29.6 Å². The van der Waals surface area contributed by atoms with Crippen molar-refractivity contribution >= 4 is 5.91 Å². The predicted octanol–water partition coefficient (Wildman–Crippen LogP) is 5.17. The summed E-state index contributed by atoms with van der Waals surface area (Å²) in [6.45, 7) is 0.761. The van der Waals surface area contributed by atoms with Gasteiger partial charge >= 0.3 is 6.18 Å². The molecule has 1 saturated heterocycles. The normalized spacial score (nSPS) is 41.5. The highest BCUT2D eigenvalue weighted by Gasteiger charge is 2.46. The summed E-state index contributed by atoms with van der Waals surface area (Å²) >= 11 is 0. The Hall–Kier alpha value is -0.740. The maximum Gasteiger partial charge on any atom is 0.391 e. The van der Waals surface area contributed by atoms with Crippen LogP contribution in [0.1, 0.15) is 70.6 Å². The minimum atomic E-state index is -4.15. The SMILES string of the molecule is O=C([C@@H]1CCC[C@H](C(F)(F)F)C1)N1CCC[C@@H]1C[C@H]1C[C@H]2CC[C@H]1C2. The summed E-state index contributed by atoms with van der Waals surface area (Å²) < 4.78 is 39.2. The first-order valence-electron chi connectivity index (χ1n) is 10.3. The van der Waals surface area contributed by atoms with Crippen LogP contribution in [0.4, 0.5) is 13.2 Å². The van der Waals surface area contributed by atoms with Gasteiger partial charge in [0.25, 0.3) is 0 Å². The van der Waals surface area contributed by atoms with Gasteiger partial charge in [0.1, 0.15) is 0 Å². The van der Waals surface area contributed by atoms with Crippen molar-refractivity contribution < 1.29 is 18.0 Å². The van der Waals surface area contributed by atoms with Crippen molar-refractivity contribution in [3.63, 3.8) is 0 Å². The lowest BCUT2D eigenvalue weighted by Crippen LogP contribution is -2.43. The number of nitrogens with zero attached hydrogens (tertiary/aromatic N) is 1. The van der Waals surface area contributed by atoms with E-state index in [0.717, 1.165) is 43.6 Å². The topological polar surface area (TPSA) is 20.3 Å². The molecule has 2 nitrogen and oxygen atoms in total. The van der Waals surface area contributed by atoms with Gasteiger partial charge < -0.3 is 4.90 Å². The molecule has 3 saturated carbocycles. The number of amides is 1. The average Bonchev–Trinajstić information content (AvgIpc) is 3.30. The number of hydrogen-bond donors (Lipinski definition) is 0. The van der Waals surface area contributed by atoms with Crippen molar-refractivity contribution in [3.05, 3.63) is 0 Å². The number of alkyl halides is 3. The first-order chi connectivity index (χ1) is 11.9. The lowest BCUT2D eigenvalue weighted by Gasteiger charge is -2.35. The van der Waals surface area contributed by atoms with Crippen molar-refractivity contribution in [1.29, 1.82) is 0 Å². The van der Waals surface area contributed by atoms with Crippen LogP contribution in [0.15, 0.2) is 0 Å². The van der Waals surface area contributed by atoms with Gasteiger partial charge in [-0.05, 0) is 75.5 Å². The van der Waals surface area contributed by atoms with Crippen LogP contribution >= 0.6 is 0 Å². The largest absolute Gasteiger partial charge is 0.391 e. The van der Waals surface area contributed by atoms with Gasteiger partial charge in [0, 0.05) is 18.5 Å².